The maximum absolute atomic E-state index is 13.3. The first-order chi connectivity index (χ1) is 14.0. The largest absolute Gasteiger partial charge is 0.361 e. The molecular formula is C22H36FIN6. The molecule has 0 aliphatic carbocycles. The van der Waals surface area contributed by atoms with Crippen LogP contribution in [0.15, 0.2) is 29.4 Å². The minimum atomic E-state index is -0.212. The van der Waals surface area contributed by atoms with Crippen LogP contribution in [0.3, 0.4) is 0 Å². The zero-order valence-electron chi connectivity index (χ0n) is 18.4. The summed E-state index contributed by atoms with van der Waals surface area (Å²) in [6, 6.07) is 4.90. The number of benzene rings is 1. The van der Waals surface area contributed by atoms with Gasteiger partial charge in [-0.25, -0.2) is 4.39 Å². The molecule has 0 radical (unpaired) electrons. The molecule has 1 aliphatic heterocycles. The average Bonchev–Trinajstić information content (AvgIpc) is 3.10. The summed E-state index contributed by atoms with van der Waals surface area (Å²) < 4.78 is 13.3. The van der Waals surface area contributed by atoms with E-state index in [1.807, 2.05) is 12.3 Å². The van der Waals surface area contributed by atoms with Crippen LogP contribution in [0.2, 0.25) is 0 Å². The Bertz CT molecular complexity index is 800. The van der Waals surface area contributed by atoms with Crippen LogP contribution < -0.4 is 10.6 Å². The summed E-state index contributed by atoms with van der Waals surface area (Å²) in [6.45, 7) is 12.5. The maximum atomic E-state index is 13.3. The number of fused-ring (bicyclic) bond motifs is 1. The number of guanidine groups is 1. The lowest BCUT2D eigenvalue weighted by atomic mass is 10.1. The summed E-state index contributed by atoms with van der Waals surface area (Å²) in [5.74, 6) is 1.18. The summed E-state index contributed by atoms with van der Waals surface area (Å²) in [6.07, 6.45) is 2.82. The van der Waals surface area contributed by atoms with Crippen LogP contribution in [0.5, 0.6) is 0 Å². The molecule has 1 saturated heterocycles. The van der Waals surface area contributed by atoms with E-state index in [9.17, 15) is 4.39 Å². The number of aliphatic imine (C=N–C) groups is 1. The van der Waals surface area contributed by atoms with Gasteiger partial charge in [-0.15, -0.1) is 24.0 Å². The van der Waals surface area contributed by atoms with Crippen LogP contribution in [0.25, 0.3) is 10.9 Å². The number of aromatic amines is 1. The number of rotatable bonds is 8. The van der Waals surface area contributed by atoms with Crippen molar-refractivity contribution < 1.29 is 4.39 Å². The van der Waals surface area contributed by atoms with Crippen molar-refractivity contribution in [1.29, 1.82) is 0 Å². The summed E-state index contributed by atoms with van der Waals surface area (Å²) in [5.41, 5.74) is 2.03. The Balaban J connectivity index is 0.00000320. The molecule has 1 atom stereocenters. The van der Waals surface area contributed by atoms with Gasteiger partial charge >= 0.3 is 0 Å². The third kappa shape index (κ3) is 7.39. The predicted molar refractivity (Wildman–Crippen MR) is 134 cm³/mol. The van der Waals surface area contributed by atoms with Gasteiger partial charge in [-0.05, 0) is 50.1 Å². The minimum Gasteiger partial charge on any atom is -0.361 e. The molecule has 1 fully saturated rings. The van der Waals surface area contributed by atoms with Gasteiger partial charge in [0.2, 0.25) is 0 Å². The number of halogens is 2. The van der Waals surface area contributed by atoms with E-state index in [-0.39, 0.29) is 29.8 Å². The lowest BCUT2D eigenvalue weighted by molar-refractivity contribution is 0.140. The summed E-state index contributed by atoms with van der Waals surface area (Å²) in [5, 5.41) is 7.84. The summed E-state index contributed by atoms with van der Waals surface area (Å²) >= 11 is 0. The highest BCUT2D eigenvalue weighted by atomic mass is 127. The number of hydrogen-bond acceptors (Lipinski definition) is 3. The fraction of sp³-hybridized carbons (Fsp3) is 0.591. The molecule has 1 aromatic carbocycles. The zero-order chi connectivity index (χ0) is 20.6. The molecule has 3 N–H and O–H groups in total. The van der Waals surface area contributed by atoms with Crippen molar-refractivity contribution in [3.05, 3.63) is 35.8 Å². The molecule has 0 amide bonds. The molecule has 2 heterocycles. The molecule has 30 heavy (non-hydrogen) atoms. The van der Waals surface area contributed by atoms with Crippen LogP contribution in [0, 0.1) is 11.7 Å². The van der Waals surface area contributed by atoms with Gasteiger partial charge in [0.1, 0.15) is 5.82 Å². The van der Waals surface area contributed by atoms with E-state index < -0.39 is 0 Å². The van der Waals surface area contributed by atoms with Crippen molar-refractivity contribution in [3.8, 4) is 0 Å². The van der Waals surface area contributed by atoms with E-state index in [1.165, 1.54) is 11.6 Å². The van der Waals surface area contributed by atoms with E-state index >= 15 is 0 Å². The van der Waals surface area contributed by atoms with Crippen LogP contribution in [0.4, 0.5) is 4.39 Å². The molecule has 0 saturated carbocycles. The minimum absolute atomic E-state index is 0. The van der Waals surface area contributed by atoms with Gasteiger partial charge in [-0.3, -0.25) is 4.99 Å². The third-order valence-electron chi connectivity index (χ3n) is 5.49. The maximum Gasteiger partial charge on any atom is 0.191 e. The van der Waals surface area contributed by atoms with Crippen molar-refractivity contribution in [3.63, 3.8) is 0 Å². The van der Waals surface area contributed by atoms with Gasteiger partial charge in [-0.1, -0.05) is 6.92 Å². The van der Waals surface area contributed by atoms with E-state index in [4.69, 9.17) is 4.99 Å². The van der Waals surface area contributed by atoms with Gasteiger partial charge in [0, 0.05) is 69.5 Å². The Morgan fingerprint density at radius 3 is 2.73 bits per heavy atom. The molecule has 168 valence electrons. The lowest BCUT2D eigenvalue weighted by Gasteiger charge is -2.33. The number of H-pyrrole nitrogens is 1. The first kappa shape index (κ1) is 24.9. The zero-order valence-corrected chi connectivity index (χ0v) is 20.7. The number of likely N-dealkylation sites (N-methyl/N-ethyl adjacent to an activating group) is 1. The number of nitrogens with one attached hydrogen (secondary N) is 3. The van der Waals surface area contributed by atoms with Crippen LogP contribution in [0.1, 0.15) is 19.4 Å². The predicted octanol–water partition coefficient (Wildman–Crippen LogP) is 2.91. The Morgan fingerprint density at radius 2 is 2.00 bits per heavy atom. The first-order valence-electron chi connectivity index (χ1n) is 10.7. The van der Waals surface area contributed by atoms with Crippen molar-refractivity contribution >= 4 is 40.8 Å². The second kappa shape index (κ2) is 12.5. The normalized spacial score (nSPS) is 17.0. The summed E-state index contributed by atoms with van der Waals surface area (Å²) in [7, 11) is 2.19. The molecule has 1 unspecified atom stereocenters. The van der Waals surface area contributed by atoms with Crippen molar-refractivity contribution in [2.24, 2.45) is 10.9 Å². The van der Waals surface area contributed by atoms with Gasteiger partial charge in [0.25, 0.3) is 0 Å². The Hall–Kier alpha value is -1.39. The van der Waals surface area contributed by atoms with Gasteiger partial charge in [-0.2, -0.15) is 0 Å². The summed E-state index contributed by atoms with van der Waals surface area (Å²) in [4.78, 5) is 12.9. The van der Waals surface area contributed by atoms with Crippen molar-refractivity contribution in [2.45, 2.75) is 20.3 Å². The first-order valence-corrected chi connectivity index (χ1v) is 10.7. The SMILES string of the molecule is CCNC(=NCC(C)CN1CCN(C)CC1)NCCc1c[nH]c2cc(F)ccc12.I. The smallest absolute Gasteiger partial charge is 0.191 e. The van der Waals surface area contributed by atoms with Gasteiger partial charge < -0.3 is 25.4 Å². The molecule has 0 bridgehead atoms. The van der Waals surface area contributed by atoms with E-state index in [0.717, 1.165) is 75.6 Å². The van der Waals surface area contributed by atoms with Crippen LogP contribution >= 0.6 is 24.0 Å². The molecule has 0 spiro atoms. The quantitative estimate of drug-likeness (QED) is 0.279. The fourth-order valence-corrected chi connectivity index (χ4v) is 3.80. The van der Waals surface area contributed by atoms with E-state index in [1.54, 1.807) is 6.07 Å². The van der Waals surface area contributed by atoms with Crippen LogP contribution in [-0.4, -0.2) is 80.1 Å². The number of hydrogen-bond donors (Lipinski definition) is 3. The lowest BCUT2D eigenvalue weighted by Crippen LogP contribution is -2.46. The second-order valence-corrected chi connectivity index (χ2v) is 8.11. The highest BCUT2D eigenvalue weighted by Gasteiger charge is 2.16. The second-order valence-electron chi connectivity index (χ2n) is 8.11. The molecular weight excluding hydrogens is 494 g/mol. The fourth-order valence-electron chi connectivity index (χ4n) is 3.80. The Morgan fingerprint density at radius 1 is 1.23 bits per heavy atom. The van der Waals surface area contributed by atoms with Gasteiger partial charge in [0.05, 0.1) is 0 Å². The third-order valence-corrected chi connectivity index (χ3v) is 5.49. The molecule has 6 nitrogen and oxygen atoms in total. The number of piperazine rings is 1. The average molecular weight is 530 g/mol. The number of aromatic nitrogens is 1. The molecule has 1 aliphatic rings. The topological polar surface area (TPSA) is 58.7 Å². The molecule has 8 heteroatoms. The molecule has 2 aromatic rings. The highest BCUT2D eigenvalue weighted by Crippen LogP contribution is 2.19. The van der Waals surface area contributed by atoms with E-state index in [0.29, 0.717) is 5.92 Å². The van der Waals surface area contributed by atoms with Gasteiger partial charge in [0.15, 0.2) is 5.96 Å². The van der Waals surface area contributed by atoms with Crippen molar-refractivity contribution in [1.82, 2.24) is 25.4 Å². The van der Waals surface area contributed by atoms with E-state index in [2.05, 4.69) is 46.3 Å². The standard InChI is InChI=1S/C22H35FN6.HI/c1-4-24-22(27-14-17(2)16-29-11-9-28(3)10-12-29)25-8-7-18-15-26-21-13-19(23)5-6-20(18)21;/h5-6,13,15,17,26H,4,7-12,14,16H2,1-3H3,(H2,24,25,27);1H. The monoisotopic (exact) mass is 530 g/mol. The van der Waals surface area contributed by atoms with Crippen molar-refractivity contribution in [2.75, 3.05) is 59.4 Å². The number of nitrogens with zero attached hydrogens (tertiary/aromatic N) is 3. The molecule has 3 rings (SSSR count). The Labute approximate surface area is 196 Å². The van der Waals surface area contributed by atoms with Crippen LogP contribution in [-0.2, 0) is 6.42 Å². The Kier molecular flexibility index (Phi) is 10.3. The molecule has 1 aromatic heterocycles. The highest BCUT2D eigenvalue weighted by molar-refractivity contribution is 14.0.